The Bertz CT molecular complexity index is 374. The molecular weight excluding hydrogens is 230 g/mol. The molecule has 0 unspecified atom stereocenters. The predicted octanol–water partition coefficient (Wildman–Crippen LogP) is 2.46. The van der Waals surface area contributed by atoms with Crippen molar-refractivity contribution in [1.29, 1.82) is 0 Å². The maximum atomic E-state index is 11.4. The van der Waals surface area contributed by atoms with Gasteiger partial charge in [0.1, 0.15) is 0 Å². The Balaban J connectivity index is 2.90. The fourth-order valence-corrected chi connectivity index (χ4v) is 1.94. The maximum absolute atomic E-state index is 11.4. The minimum Gasteiger partial charge on any atom is -0.372 e. The number of urea groups is 1. The molecule has 0 fully saturated rings. The third-order valence-electron chi connectivity index (χ3n) is 2.95. The van der Waals surface area contributed by atoms with Crippen LogP contribution in [0.25, 0.3) is 0 Å². The first-order valence-electron chi connectivity index (χ1n) is 6.24. The molecule has 5 heteroatoms. The molecule has 5 nitrogen and oxygen atoms in total. The SMILES string of the molecule is CCN(CC)c1ccc(N(CC)C(=O)NO)cc1. The van der Waals surface area contributed by atoms with Crippen molar-refractivity contribution in [1.82, 2.24) is 5.48 Å². The van der Waals surface area contributed by atoms with Gasteiger partial charge in [0.05, 0.1) is 0 Å². The van der Waals surface area contributed by atoms with Gasteiger partial charge in [-0.3, -0.25) is 10.1 Å². The average molecular weight is 251 g/mol. The summed E-state index contributed by atoms with van der Waals surface area (Å²) in [5, 5.41) is 8.67. The first kappa shape index (κ1) is 14.3. The lowest BCUT2D eigenvalue weighted by molar-refractivity contribution is 0.167. The van der Waals surface area contributed by atoms with Crippen LogP contribution in [0, 0.1) is 0 Å². The molecule has 0 bridgehead atoms. The van der Waals surface area contributed by atoms with E-state index in [2.05, 4.69) is 18.7 Å². The van der Waals surface area contributed by atoms with Gasteiger partial charge in [0.25, 0.3) is 0 Å². The van der Waals surface area contributed by atoms with Gasteiger partial charge in [0.2, 0.25) is 0 Å². The van der Waals surface area contributed by atoms with E-state index in [1.807, 2.05) is 31.2 Å². The molecule has 0 aliphatic heterocycles. The standard InChI is InChI=1S/C13H21N3O2/c1-4-15(5-2)11-7-9-12(10-8-11)16(6-3)13(17)14-18/h7-10,18H,4-6H2,1-3H3,(H,14,17). The topological polar surface area (TPSA) is 55.8 Å². The van der Waals surface area contributed by atoms with E-state index in [1.165, 1.54) is 4.90 Å². The van der Waals surface area contributed by atoms with Crippen LogP contribution in [0.1, 0.15) is 20.8 Å². The van der Waals surface area contributed by atoms with Crippen LogP contribution in [-0.2, 0) is 0 Å². The molecule has 0 aliphatic rings. The molecule has 2 amide bonds. The van der Waals surface area contributed by atoms with E-state index in [0.717, 1.165) is 24.5 Å². The lowest BCUT2D eigenvalue weighted by atomic mass is 10.2. The Morgan fingerprint density at radius 2 is 1.56 bits per heavy atom. The summed E-state index contributed by atoms with van der Waals surface area (Å²) in [4.78, 5) is 15.1. The molecule has 0 heterocycles. The molecule has 1 aromatic carbocycles. The van der Waals surface area contributed by atoms with Crippen LogP contribution in [0.3, 0.4) is 0 Å². The van der Waals surface area contributed by atoms with Gasteiger partial charge in [-0.25, -0.2) is 10.3 Å². The highest BCUT2D eigenvalue weighted by atomic mass is 16.5. The first-order valence-corrected chi connectivity index (χ1v) is 6.24. The van der Waals surface area contributed by atoms with Crippen molar-refractivity contribution in [2.24, 2.45) is 0 Å². The van der Waals surface area contributed by atoms with E-state index in [-0.39, 0.29) is 0 Å². The summed E-state index contributed by atoms with van der Waals surface area (Å²) in [6, 6.07) is 7.21. The number of anilines is 2. The quantitative estimate of drug-likeness (QED) is 0.624. The third-order valence-corrected chi connectivity index (χ3v) is 2.95. The largest absolute Gasteiger partial charge is 0.372 e. The molecule has 0 spiro atoms. The van der Waals surface area contributed by atoms with Gasteiger partial charge in [-0.2, -0.15) is 0 Å². The van der Waals surface area contributed by atoms with Crippen LogP contribution >= 0.6 is 0 Å². The number of hydrogen-bond donors (Lipinski definition) is 2. The number of hydrogen-bond acceptors (Lipinski definition) is 3. The monoisotopic (exact) mass is 251 g/mol. The van der Waals surface area contributed by atoms with Crippen LogP contribution in [0.4, 0.5) is 16.2 Å². The summed E-state index contributed by atoms with van der Waals surface area (Å²) < 4.78 is 0. The van der Waals surface area contributed by atoms with Gasteiger partial charge >= 0.3 is 6.03 Å². The van der Waals surface area contributed by atoms with E-state index >= 15 is 0 Å². The number of rotatable bonds is 5. The smallest absolute Gasteiger partial charge is 0.345 e. The summed E-state index contributed by atoms with van der Waals surface area (Å²) >= 11 is 0. The lowest BCUT2D eigenvalue weighted by Gasteiger charge is -2.23. The summed E-state index contributed by atoms with van der Waals surface area (Å²) in [6.07, 6.45) is 0. The van der Waals surface area contributed by atoms with Crippen LogP contribution in [0.2, 0.25) is 0 Å². The fraction of sp³-hybridized carbons (Fsp3) is 0.462. The molecule has 0 saturated heterocycles. The van der Waals surface area contributed by atoms with Crippen molar-refractivity contribution in [2.75, 3.05) is 29.4 Å². The second kappa shape index (κ2) is 6.86. The minimum absolute atomic E-state index is 0.497. The Hall–Kier alpha value is -1.75. The Labute approximate surface area is 108 Å². The molecule has 0 radical (unpaired) electrons. The average Bonchev–Trinajstić information content (AvgIpc) is 2.42. The van der Waals surface area contributed by atoms with Crippen LogP contribution in [0.15, 0.2) is 24.3 Å². The summed E-state index contributed by atoms with van der Waals surface area (Å²) in [5.41, 5.74) is 3.54. The molecule has 0 aliphatic carbocycles. The third kappa shape index (κ3) is 3.13. The number of nitrogens with one attached hydrogen (secondary N) is 1. The van der Waals surface area contributed by atoms with Crippen LogP contribution in [0.5, 0.6) is 0 Å². The van der Waals surface area contributed by atoms with Crippen LogP contribution < -0.4 is 15.3 Å². The van der Waals surface area contributed by atoms with Gasteiger partial charge in [0.15, 0.2) is 0 Å². The zero-order valence-electron chi connectivity index (χ0n) is 11.2. The van der Waals surface area contributed by atoms with Crippen molar-refractivity contribution in [3.63, 3.8) is 0 Å². The molecule has 0 aromatic heterocycles. The Morgan fingerprint density at radius 3 is 1.94 bits per heavy atom. The molecule has 18 heavy (non-hydrogen) atoms. The molecule has 0 atom stereocenters. The van der Waals surface area contributed by atoms with Gasteiger partial charge in [-0.05, 0) is 45.0 Å². The van der Waals surface area contributed by atoms with Gasteiger partial charge in [0, 0.05) is 31.0 Å². The van der Waals surface area contributed by atoms with Crippen molar-refractivity contribution >= 4 is 17.4 Å². The molecule has 0 saturated carbocycles. The number of hydroxylamine groups is 1. The highest BCUT2D eigenvalue weighted by Crippen LogP contribution is 2.20. The Morgan fingerprint density at radius 1 is 1.06 bits per heavy atom. The highest BCUT2D eigenvalue weighted by molar-refractivity contribution is 5.91. The second-order valence-electron chi connectivity index (χ2n) is 3.85. The molecule has 1 aromatic rings. The number of nitrogens with zero attached hydrogens (tertiary/aromatic N) is 2. The second-order valence-corrected chi connectivity index (χ2v) is 3.85. The molecule has 1 rings (SSSR count). The normalized spacial score (nSPS) is 10.0. The zero-order chi connectivity index (χ0) is 13.5. The molecule has 100 valence electrons. The fourth-order valence-electron chi connectivity index (χ4n) is 1.94. The maximum Gasteiger partial charge on any atom is 0.345 e. The van der Waals surface area contributed by atoms with Crippen molar-refractivity contribution in [2.45, 2.75) is 20.8 Å². The van der Waals surface area contributed by atoms with Gasteiger partial charge in [-0.1, -0.05) is 0 Å². The first-order chi connectivity index (χ1) is 8.67. The van der Waals surface area contributed by atoms with E-state index < -0.39 is 6.03 Å². The summed E-state index contributed by atoms with van der Waals surface area (Å²) in [5.74, 6) is 0. The lowest BCUT2D eigenvalue weighted by Crippen LogP contribution is -2.38. The molecular formula is C13H21N3O2. The van der Waals surface area contributed by atoms with Gasteiger partial charge < -0.3 is 4.90 Å². The number of carbonyl (C=O) groups excluding carboxylic acids is 1. The number of benzene rings is 1. The number of carbonyl (C=O) groups is 1. The summed E-state index contributed by atoms with van der Waals surface area (Å²) in [7, 11) is 0. The van der Waals surface area contributed by atoms with Crippen molar-refractivity contribution in [3.05, 3.63) is 24.3 Å². The van der Waals surface area contributed by atoms with Crippen molar-refractivity contribution < 1.29 is 10.0 Å². The Kier molecular flexibility index (Phi) is 5.45. The van der Waals surface area contributed by atoms with Crippen LogP contribution in [-0.4, -0.2) is 30.9 Å². The van der Waals surface area contributed by atoms with E-state index in [9.17, 15) is 4.79 Å². The zero-order valence-corrected chi connectivity index (χ0v) is 11.2. The van der Waals surface area contributed by atoms with E-state index in [4.69, 9.17) is 5.21 Å². The van der Waals surface area contributed by atoms with Crippen molar-refractivity contribution in [3.8, 4) is 0 Å². The highest BCUT2D eigenvalue weighted by Gasteiger charge is 2.12. The summed E-state index contributed by atoms with van der Waals surface area (Å²) in [6.45, 7) is 8.46. The predicted molar refractivity (Wildman–Crippen MR) is 73.3 cm³/mol. The molecule has 2 N–H and O–H groups in total. The number of amides is 2. The van der Waals surface area contributed by atoms with Gasteiger partial charge in [-0.15, -0.1) is 0 Å². The van der Waals surface area contributed by atoms with E-state index in [0.29, 0.717) is 6.54 Å². The van der Waals surface area contributed by atoms with E-state index in [1.54, 1.807) is 5.48 Å². The minimum atomic E-state index is -0.520.